The van der Waals surface area contributed by atoms with Gasteiger partial charge in [-0.05, 0) is 43.4 Å². The number of piperidine rings is 1. The third-order valence-corrected chi connectivity index (χ3v) is 4.76. The molecule has 0 radical (unpaired) electrons. The van der Waals surface area contributed by atoms with Gasteiger partial charge in [0.2, 0.25) is 0 Å². The molecule has 1 aliphatic rings. The summed E-state index contributed by atoms with van der Waals surface area (Å²) in [5, 5.41) is 18.7. The summed E-state index contributed by atoms with van der Waals surface area (Å²) in [5.41, 5.74) is 2.17. The zero-order valence-corrected chi connectivity index (χ0v) is 13.9. The minimum atomic E-state index is -0.698. The van der Waals surface area contributed by atoms with Crippen molar-refractivity contribution < 1.29 is 5.11 Å². The van der Waals surface area contributed by atoms with Crippen LogP contribution in [0.4, 0.5) is 0 Å². The number of benzene rings is 1. The highest BCUT2D eigenvalue weighted by Crippen LogP contribution is 2.23. The number of aryl methyl sites for hydroxylation is 1. The van der Waals surface area contributed by atoms with Crippen LogP contribution in [-0.2, 0) is 19.4 Å². The molecule has 1 N–H and O–H groups in total. The van der Waals surface area contributed by atoms with Crippen LogP contribution >= 0.6 is 0 Å². The maximum absolute atomic E-state index is 10.9. The number of hydrogen-bond acceptors (Lipinski definition) is 4. The van der Waals surface area contributed by atoms with Crippen molar-refractivity contribution in [2.24, 2.45) is 0 Å². The summed E-state index contributed by atoms with van der Waals surface area (Å²) in [6.45, 7) is 5.50. The van der Waals surface area contributed by atoms with Crippen LogP contribution in [0.25, 0.3) is 0 Å². The number of likely N-dealkylation sites (tertiary alicyclic amines) is 1. The Morgan fingerprint density at radius 2 is 2.09 bits per heavy atom. The number of nitrogens with zero attached hydrogens (tertiary/aromatic N) is 4. The normalized spacial score (nSPS) is 22.3. The largest absolute Gasteiger partial charge is 0.387 e. The van der Waals surface area contributed by atoms with E-state index < -0.39 is 5.60 Å². The van der Waals surface area contributed by atoms with Gasteiger partial charge in [-0.1, -0.05) is 36.4 Å². The zero-order chi connectivity index (χ0) is 16.1. The highest BCUT2D eigenvalue weighted by Gasteiger charge is 2.33. The molecule has 23 heavy (non-hydrogen) atoms. The van der Waals surface area contributed by atoms with Gasteiger partial charge >= 0.3 is 0 Å². The van der Waals surface area contributed by atoms with E-state index in [1.165, 1.54) is 11.1 Å². The molecule has 2 aromatic rings. The van der Waals surface area contributed by atoms with Crippen molar-refractivity contribution in [1.82, 2.24) is 19.9 Å². The lowest BCUT2D eigenvalue weighted by atomic mass is 9.92. The Morgan fingerprint density at radius 1 is 1.26 bits per heavy atom. The fourth-order valence-corrected chi connectivity index (χ4v) is 3.57. The quantitative estimate of drug-likeness (QED) is 0.885. The van der Waals surface area contributed by atoms with Crippen molar-refractivity contribution in [2.75, 3.05) is 19.6 Å². The molecular formula is C18H26N4O. The second kappa shape index (κ2) is 7.23. The highest BCUT2D eigenvalue weighted by molar-refractivity contribution is 5.27. The number of aliphatic hydroxyl groups is 1. The zero-order valence-electron chi connectivity index (χ0n) is 13.9. The van der Waals surface area contributed by atoms with Gasteiger partial charge < -0.3 is 10.0 Å². The molecular weight excluding hydrogens is 288 g/mol. The van der Waals surface area contributed by atoms with Crippen LogP contribution in [0, 0.1) is 0 Å². The van der Waals surface area contributed by atoms with Crippen LogP contribution in [0.1, 0.15) is 30.9 Å². The van der Waals surface area contributed by atoms with Crippen LogP contribution in [0.15, 0.2) is 36.7 Å². The van der Waals surface area contributed by atoms with Crippen molar-refractivity contribution in [1.29, 1.82) is 0 Å². The third-order valence-electron chi connectivity index (χ3n) is 4.76. The minimum absolute atomic E-state index is 0.523. The first-order chi connectivity index (χ1) is 11.2. The fourth-order valence-electron chi connectivity index (χ4n) is 3.57. The van der Waals surface area contributed by atoms with E-state index in [-0.39, 0.29) is 0 Å². The second-order valence-electron chi connectivity index (χ2n) is 6.58. The molecule has 0 aliphatic carbocycles. The van der Waals surface area contributed by atoms with Gasteiger partial charge in [0.1, 0.15) is 0 Å². The lowest BCUT2D eigenvalue weighted by Gasteiger charge is -2.39. The lowest BCUT2D eigenvalue weighted by molar-refractivity contribution is -0.0452. The number of β-amino-alcohol motifs (C(OH)–C–C–N with tert-alkyl or cyclic N) is 1. The highest BCUT2D eigenvalue weighted by atomic mass is 16.3. The van der Waals surface area contributed by atoms with Gasteiger partial charge in [-0.15, -0.1) is 5.10 Å². The van der Waals surface area contributed by atoms with E-state index in [4.69, 9.17) is 0 Å². The van der Waals surface area contributed by atoms with Crippen molar-refractivity contribution in [2.45, 2.75) is 44.8 Å². The summed E-state index contributed by atoms with van der Waals surface area (Å²) >= 11 is 0. The van der Waals surface area contributed by atoms with E-state index in [1.54, 1.807) is 10.9 Å². The maximum Gasteiger partial charge on any atom is 0.0969 e. The number of aromatic nitrogens is 3. The van der Waals surface area contributed by atoms with E-state index in [0.29, 0.717) is 13.1 Å². The summed E-state index contributed by atoms with van der Waals surface area (Å²) in [6, 6.07) is 8.67. The summed E-state index contributed by atoms with van der Waals surface area (Å²) < 4.78 is 1.73. The first-order valence-corrected chi connectivity index (χ1v) is 8.54. The molecule has 0 spiro atoms. The summed E-state index contributed by atoms with van der Waals surface area (Å²) in [5.74, 6) is 0. The Balaban J connectivity index is 1.58. The third kappa shape index (κ3) is 4.18. The van der Waals surface area contributed by atoms with Gasteiger partial charge in [0.15, 0.2) is 0 Å². The summed E-state index contributed by atoms with van der Waals surface area (Å²) in [4.78, 5) is 2.38. The summed E-state index contributed by atoms with van der Waals surface area (Å²) in [6.07, 6.45) is 7.45. The molecule has 1 aliphatic heterocycles. The van der Waals surface area contributed by atoms with E-state index >= 15 is 0 Å². The smallest absolute Gasteiger partial charge is 0.0969 e. The predicted octanol–water partition coefficient (Wildman–Crippen LogP) is 1.91. The molecule has 1 atom stereocenters. The van der Waals surface area contributed by atoms with Crippen molar-refractivity contribution >= 4 is 0 Å². The van der Waals surface area contributed by atoms with Crippen LogP contribution in [0.2, 0.25) is 0 Å². The first-order valence-electron chi connectivity index (χ1n) is 8.54. The first kappa shape index (κ1) is 16.1. The fraction of sp³-hybridized carbons (Fsp3) is 0.556. The average Bonchev–Trinajstić information content (AvgIpc) is 3.05. The molecule has 1 fully saturated rings. The molecule has 2 heterocycles. The molecule has 1 aromatic carbocycles. The topological polar surface area (TPSA) is 54.2 Å². The molecule has 1 saturated heterocycles. The lowest BCUT2D eigenvalue weighted by Crippen LogP contribution is -2.51. The van der Waals surface area contributed by atoms with Crippen molar-refractivity contribution in [3.63, 3.8) is 0 Å². The molecule has 5 heteroatoms. The van der Waals surface area contributed by atoms with Crippen molar-refractivity contribution in [3.8, 4) is 0 Å². The van der Waals surface area contributed by atoms with Gasteiger partial charge in [-0.25, -0.2) is 4.68 Å². The Bertz CT molecular complexity index is 613. The summed E-state index contributed by atoms with van der Waals surface area (Å²) in [7, 11) is 0. The molecule has 0 amide bonds. The molecule has 1 unspecified atom stereocenters. The molecule has 3 rings (SSSR count). The maximum atomic E-state index is 10.9. The SMILES string of the molecule is CCc1ccccc1CCN1CCCC(O)(Cn2ccnn2)C1. The number of rotatable bonds is 6. The minimum Gasteiger partial charge on any atom is -0.387 e. The predicted molar refractivity (Wildman–Crippen MR) is 90.2 cm³/mol. The van der Waals surface area contributed by atoms with Crippen LogP contribution in [0.3, 0.4) is 0 Å². The van der Waals surface area contributed by atoms with Crippen molar-refractivity contribution in [3.05, 3.63) is 47.8 Å². The van der Waals surface area contributed by atoms with Crippen LogP contribution in [-0.4, -0.2) is 50.2 Å². The molecule has 0 bridgehead atoms. The molecule has 5 nitrogen and oxygen atoms in total. The molecule has 1 aromatic heterocycles. The van der Waals surface area contributed by atoms with Gasteiger partial charge in [0.05, 0.1) is 18.3 Å². The van der Waals surface area contributed by atoms with Gasteiger partial charge in [-0.3, -0.25) is 0 Å². The monoisotopic (exact) mass is 314 g/mol. The van der Waals surface area contributed by atoms with E-state index in [0.717, 1.165) is 38.8 Å². The van der Waals surface area contributed by atoms with E-state index in [2.05, 4.69) is 46.4 Å². The number of hydrogen-bond donors (Lipinski definition) is 1. The average molecular weight is 314 g/mol. The molecule has 0 saturated carbocycles. The van der Waals surface area contributed by atoms with Crippen LogP contribution in [0.5, 0.6) is 0 Å². The second-order valence-corrected chi connectivity index (χ2v) is 6.58. The Kier molecular flexibility index (Phi) is 5.08. The van der Waals surface area contributed by atoms with E-state index in [9.17, 15) is 5.11 Å². The van der Waals surface area contributed by atoms with Gasteiger partial charge in [0.25, 0.3) is 0 Å². The molecule has 124 valence electrons. The Hall–Kier alpha value is -1.72. The Labute approximate surface area is 137 Å². The Morgan fingerprint density at radius 3 is 2.83 bits per heavy atom. The van der Waals surface area contributed by atoms with Gasteiger partial charge in [0, 0.05) is 19.3 Å². The van der Waals surface area contributed by atoms with Gasteiger partial charge in [-0.2, -0.15) is 0 Å². The van der Waals surface area contributed by atoms with E-state index in [1.807, 2.05) is 6.20 Å². The van der Waals surface area contributed by atoms with Crippen LogP contribution < -0.4 is 0 Å². The standard InChI is InChI=1S/C18H26N4O/c1-2-16-6-3-4-7-17(16)8-12-21-11-5-9-18(23,14-21)15-22-13-10-19-20-22/h3-4,6-7,10,13,23H,2,5,8-9,11-12,14-15H2,1H3.